The largest absolute Gasteiger partial charge is 0.542 e. The first-order valence-electron chi connectivity index (χ1n) is 15.2. The Morgan fingerprint density at radius 2 is 1.62 bits per heavy atom. The quantitative estimate of drug-likeness (QED) is 0.183. The van der Waals surface area contributed by atoms with Gasteiger partial charge in [0.25, 0.3) is 5.56 Å². The Hall–Kier alpha value is -4.92. The molecule has 1 aliphatic heterocycles. The van der Waals surface area contributed by atoms with Crippen LogP contribution < -0.4 is 30.4 Å². The Kier molecular flexibility index (Phi) is 12.7. The van der Waals surface area contributed by atoms with Crippen molar-refractivity contribution in [2.24, 2.45) is 5.41 Å². The normalized spacial score (nSPS) is 15.9. The highest BCUT2D eigenvalue weighted by Crippen LogP contribution is 2.41. The van der Waals surface area contributed by atoms with Crippen molar-refractivity contribution in [3.8, 4) is 22.6 Å². The summed E-state index contributed by atoms with van der Waals surface area (Å²) in [5.41, 5.74) is 1.67. The summed E-state index contributed by atoms with van der Waals surface area (Å²) in [4.78, 5) is 49.0. The van der Waals surface area contributed by atoms with Gasteiger partial charge in [0.1, 0.15) is 35.4 Å². The van der Waals surface area contributed by atoms with Gasteiger partial charge in [0.05, 0.1) is 31.0 Å². The van der Waals surface area contributed by atoms with Crippen molar-refractivity contribution in [2.45, 2.75) is 52.8 Å². The van der Waals surface area contributed by atoms with Gasteiger partial charge in [-0.15, -0.1) is 0 Å². The maximum atomic E-state index is 13.6. The zero-order valence-electron chi connectivity index (χ0n) is 26.6. The number of carbonyl (C=O) groups is 3. The molecule has 3 aromatic rings. The van der Waals surface area contributed by atoms with E-state index < -0.39 is 23.7 Å². The summed E-state index contributed by atoms with van der Waals surface area (Å²) < 4.78 is 57.1. The lowest BCUT2D eigenvalue weighted by Crippen LogP contribution is -2.83. The molecule has 0 bridgehead atoms. The number of aromatic carboxylic acids is 1. The minimum absolute atomic E-state index is 0.0886. The highest BCUT2D eigenvalue weighted by molar-refractivity contribution is 5.97. The molecule has 0 spiro atoms. The molecule has 2 aromatic carbocycles. The van der Waals surface area contributed by atoms with E-state index in [2.05, 4.69) is 17.2 Å². The number of aromatic amines is 1. The number of nitrogens with one attached hydrogen (secondary N) is 1. The summed E-state index contributed by atoms with van der Waals surface area (Å²) in [7, 11) is 0. The van der Waals surface area contributed by atoms with Crippen molar-refractivity contribution < 1.29 is 56.9 Å². The minimum Gasteiger partial charge on any atom is -0.542 e. The highest BCUT2D eigenvalue weighted by Gasteiger charge is 2.42. The fourth-order valence-corrected chi connectivity index (χ4v) is 5.38. The van der Waals surface area contributed by atoms with Gasteiger partial charge >= 0.3 is 12.1 Å². The second kappa shape index (κ2) is 16.3. The van der Waals surface area contributed by atoms with Crippen molar-refractivity contribution in [2.75, 3.05) is 31.2 Å². The maximum absolute atomic E-state index is 13.6. The third-order valence-corrected chi connectivity index (χ3v) is 7.85. The Morgan fingerprint density at radius 3 is 2.12 bits per heavy atom. The van der Waals surface area contributed by atoms with E-state index >= 15 is 0 Å². The molecule has 1 aliphatic rings. The van der Waals surface area contributed by atoms with E-state index in [1.165, 1.54) is 24.4 Å². The molecule has 1 amide bonds. The third kappa shape index (κ3) is 9.56. The molecule has 0 radical (unpaired) electrons. The third-order valence-electron chi connectivity index (χ3n) is 7.85. The van der Waals surface area contributed by atoms with Crippen LogP contribution >= 0.6 is 0 Å². The van der Waals surface area contributed by atoms with Crippen LogP contribution in [0.5, 0.6) is 11.5 Å². The maximum Gasteiger partial charge on any atom is 0.430 e. The molecular weight excluding hydrogens is 642 g/mol. The molecule has 4 N–H and O–H groups in total. The van der Waals surface area contributed by atoms with E-state index in [0.717, 1.165) is 36.1 Å². The lowest BCUT2D eigenvalue weighted by Gasteiger charge is -2.26. The number of rotatable bonds is 13. The number of halogens is 4. The fraction of sp³-hybridized carbons (Fsp3) is 0.394. The van der Waals surface area contributed by atoms with E-state index in [1.54, 1.807) is 17.0 Å². The molecule has 4 rings (SSSR count). The number of aliphatic carboxylic acids is 1. The summed E-state index contributed by atoms with van der Waals surface area (Å²) in [5, 5.41) is 20.3. The SMILES string of the molecule is CCOc1cc(C[NH2+]CCC2(CC)CC(=O)N(c3c[nH]c(=O)c(C(=O)O)c3)C2)cc(OCC)c1-c1ccc(F)cc1.O=C([O-])C(F)(F)F. The zero-order chi connectivity index (χ0) is 35.6. The smallest absolute Gasteiger partial charge is 0.430 e. The van der Waals surface area contributed by atoms with E-state index in [1.807, 2.05) is 26.0 Å². The predicted molar refractivity (Wildman–Crippen MR) is 164 cm³/mol. The Balaban J connectivity index is 0.000000804. The van der Waals surface area contributed by atoms with E-state index in [0.29, 0.717) is 49.9 Å². The van der Waals surface area contributed by atoms with Crippen LogP contribution in [0.25, 0.3) is 11.1 Å². The summed E-state index contributed by atoms with van der Waals surface area (Å²) in [6.07, 6.45) is -1.88. The molecule has 1 saturated heterocycles. The average molecular weight is 680 g/mol. The molecule has 0 aliphatic carbocycles. The number of ether oxygens (including phenoxy) is 2. The van der Waals surface area contributed by atoms with Gasteiger partial charge in [-0.25, -0.2) is 9.18 Å². The number of carboxylic acid groups (broad SMARTS) is 2. The Labute approximate surface area is 273 Å². The van der Waals surface area contributed by atoms with Gasteiger partial charge in [-0.05, 0) is 56.2 Å². The van der Waals surface area contributed by atoms with Crippen LogP contribution in [0.4, 0.5) is 23.2 Å². The van der Waals surface area contributed by atoms with E-state index in [4.69, 9.17) is 19.4 Å². The summed E-state index contributed by atoms with van der Waals surface area (Å²) >= 11 is 0. The van der Waals surface area contributed by atoms with Gasteiger partial charge in [0.15, 0.2) is 0 Å². The number of carboxylic acids is 2. The number of pyridine rings is 1. The molecule has 1 atom stereocenters. The van der Waals surface area contributed by atoms with Crippen molar-refractivity contribution in [3.63, 3.8) is 0 Å². The number of carbonyl (C=O) groups excluding carboxylic acids is 2. The van der Waals surface area contributed by atoms with E-state index in [9.17, 15) is 37.1 Å². The number of hydrogen-bond acceptors (Lipinski definition) is 7. The number of H-pyrrole nitrogens is 1. The van der Waals surface area contributed by atoms with E-state index in [-0.39, 0.29) is 22.7 Å². The van der Waals surface area contributed by atoms with Crippen LogP contribution in [0.15, 0.2) is 53.5 Å². The van der Waals surface area contributed by atoms with Gasteiger partial charge < -0.3 is 39.7 Å². The van der Waals surface area contributed by atoms with Gasteiger partial charge in [-0.3, -0.25) is 9.59 Å². The number of quaternary nitrogens is 1. The van der Waals surface area contributed by atoms with Gasteiger partial charge in [0, 0.05) is 36.6 Å². The fourth-order valence-electron chi connectivity index (χ4n) is 5.38. The second-order valence-electron chi connectivity index (χ2n) is 11.1. The average Bonchev–Trinajstić information content (AvgIpc) is 3.36. The molecule has 0 saturated carbocycles. The molecule has 1 unspecified atom stereocenters. The number of aromatic nitrogens is 1. The van der Waals surface area contributed by atoms with Gasteiger partial charge in [0.2, 0.25) is 5.91 Å². The first-order valence-corrected chi connectivity index (χ1v) is 15.2. The van der Waals surface area contributed by atoms with Crippen LogP contribution in [0.3, 0.4) is 0 Å². The highest BCUT2D eigenvalue weighted by atomic mass is 19.4. The van der Waals surface area contributed by atoms with Crippen molar-refractivity contribution >= 4 is 23.5 Å². The minimum atomic E-state index is -5.19. The molecule has 48 heavy (non-hydrogen) atoms. The predicted octanol–water partition coefficient (Wildman–Crippen LogP) is 3.26. The topological polar surface area (TPSA) is 166 Å². The number of nitrogens with zero attached hydrogens (tertiary/aromatic N) is 1. The van der Waals surface area contributed by atoms with Crippen molar-refractivity contribution in [1.82, 2.24) is 4.98 Å². The molecule has 15 heteroatoms. The number of anilines is 1. The molecular formula is C33H37F4N3O8. The number of benzene rings is 2. The van der Waals surface area contributed by atoms with Crippen LogP contribution in [-0.2, 0) is 16.1 Å². The molecule has 260 valence electrons. The van der Waals surface area contributed by atoms with Crippen molar-refractivity contribution in [3.05, 3.63) is 76.0 Å². The van der Waals surface area contributed by atoms with Crippen LogP contribution in [-0.4, -0.2) is 60.4 Å². The summed E-state index contributed by atoms with van der Waals surface area (Å²) in [5.74, 6) is -3.38. The second-order valence-corrected chi connectivity index (χ2v) is 11.1. The van der Waals surface area contributed by atoms with Crippen LogP contribution in [0.1, 0.15) is 56.0 Å². The Morgan fingerprint density at radius 1 is 1.04 bits per heavy atom. The van der Waals surface area contributed by atoms with Crippen LogP contribution in [0, 0.1) is 11.2 Å². The summed E-state index contributed by atoms with van der Waals surface area (Å²) in [6, 6.07) is 11.5. The monoisotopic (exact) mass is 679 g/mol. The van der Waals surface area contributed by atoms with Crippen molar-refractivity contribution in [1.29, 1.82) is 0 Å². The number of nitrogens with two attached hydrogens (primary N) is 1. The Bertz CT molecular complexity index is 1630. The number of alkyl halides is 3. The molecule has 1 fully saturated rings. The zero-order valence-corrected chi connectivity index (χ0v) is 26.6. The number of hydrogen-bond donors (Lipinski definition) is 3. The standard InChI is InChI=1S/C31H36FN3O6.C2HF3O2/c1-4-31(16-27(36)35(19-31)23-15-24(30(38)39)29(37)34-18-23)11-12-33-17-20-13-25(40-5-2)28(26(14-20)41-6-3)21-7-9-22(32)10-8-21;3-2(4,5)1(6)7/h7-10,13-15,18,33H,4-6,11-12,16-17,19H2,1-3H3,(H,34,37)(H,38,39);(H,6,7). The van der Waals surface area contributed by atoms with Crippen LogP contribution in [0.2, 0.25) is 0 Å². The molecule has 1 aromatic heterocycles. The molecule has 11 nitrogen and oxygen atoms in total. The lowest BCUT2D eigenvalue weighted by molar-refractivity contribution is -0.672. The molecule has 2 heterocycles. The van der Waals surface area contributed by atoms with Gasteiger partial charge in [-0.1, -0.05) is 19.1 Å². The van der Waals surface area contributed by atoms with Gasteiger partial charge in [-0.2, -0.15) is 13.2 Å². The lowest BCUT2D eigenvalue weighted by atomic mass is 9.81. The number of amides is 1. The summed E-state index contributed by atoms with van der Waals surface area (Å²) in [6.45, 7) is 8.73. The first kappa shape index (κ1) is 37.5. The first-order chi connectivity index (χ1) is 22.6.